The Kier molecular flexibility index (Phi) is 6.70. The van der Waals surface area contributed by atoms with Gasteiger partial charge in [0, 0.05) is 5.56 Å². The lowest BCUT2D eigenvalue weighted by Gasteiger charge is -2.11. The number of terminal acetylenes is 1. The van der Waals surface area contributed by atoms with Crippen LogP contribution in [-0.2, 0) is 6.42 Å². The van der Waals surface area contributed by atoms with Crippen LogP contribution in [0.5, 0.6) is 0 Å². The minimum atomic E-state index is -0.856. The second-order valence-electron chi connectivity index (χ2n) is 6.56. The quantitative estimate of drug-likeness (QED) is 0.502. The molecule has 132 valence electrons. The molecule has 0 aliphatic carbocycles. The fourth-order valence-electron chi connectivity index (χ4n) is 3.11. The van der Waals surface area contributed by atoms with Gasteiger partial charge in [-0.3, -0.25) is 0 Å². The van der Waals surface area contributed by atoms with Crippen molar-refractivity contribution in [1.29, 1.82) is 0 Å². The van der Waals surface area contributed by atoms with E-state index in [0.29, 0.717) is 5.92 Å². The summed E-state index contributed by atoms with van der Waals surface area (Å²) in [7, 11) is 0. The molecule has 0 heterocycles. The molecule has 0 saturated carbocycles. The van der Waals surface area contributed by atoms with Crippen LogP contribution in [0.1, 0.15) is 50.7 Å². The van der Waals surface area contributed by atoms with Gasteiger partial charge in [0.25, 0.3) is 0 Å². The Morgan fingerprint density at radius 3 is 2.24 bits per heavy atom. The van der Waals surface area contributed by atoms with E-state index in [1.54, 1.807) is 6.07 Å². The molecule has 0 amide bonds. The van der Waals surface area contributed by atoms with E-state index in [1.165, 1.54) is 18.9 Å². The highest BCUT2D eigenvalue weighted by Gasteiger charge is 2.13. The van der Waals surface area contributed by atoms with E-state index in [-0.39, 0.29) is 11.1 Å². The molecule has 0 aliphatic heterocycles. The average Bonchev–Trinajstić information content (AvgIpc) is 2.55. The van der Waals surface area contributed by atoms with Gasteiger partial charge in [-0.25, -0.2) is 13.2 Å². The summed E-state index contributed by atoms with van der Waals surface area (Å²) in [4.78, 5) is 0. The van der Waals surface area contributed by atoms with Crippen LogP contribution in [0, 0.1) is 35.7 Å². The predicted molar refractivity (Wildman–Crippen MR) is 96.7 cm³/mol. The van der Waals surface area contributed by atoms with Gasteiger partial charge in [0.15, 0.2) is 0 Å². The Balaban J connectivity index is 2.13. The molecule has 1 unspecified atom stereocenters. The van der Waals surface area contributed by atoms with E-state index in [9.17, 15) is 13.2 Å². The molecule has 0 aromatic heterocycles. The lowest BCUT2D eigenvalue weighted by atomic mass is 9.96. The number of hydrogen-bond acceptors (Lipinski definition) is 0. The van der Waals surface area contributed by atoms with Gasteiger partial charge in [0.2, 0.25) is 0 Å². The largest absolute Gasteiger partial charge is 0.206 e. The van der Waals surface area contributed by atoms with E-state index < -0.39 is 23.0 Å². The molecule has 1 atom stereocenters. The number of benzene rings is 2. The van der Waals surface area contributed by atoms with Gasteiger partial charge in [-0.05, 0) is 48.1 Å². The highest BCUT2D eigenvalue weighted by Crippen LogP contribution is 2.27. The smallest absolute Gasteiger partial charge is 0.142 e. The molecule has 0 aliphatic rings. The summed E-state index contributed by atoms with van der Waals surface area (Å²) in [6.07, 6.45) is 10.4. The van der Waals surface area contributed by atoms with E-state index in [0.717, 1.165) is 37.0 Å². The van der Waals surface area contributed by atoms with Crippen LogP contribution < -0.4 is 0 Å². The van der Waals surface area contributed by atoms with Crippen molar-refractivity contribution in [2.24, 2.45) is 5.92 Å². The van der Waals surface area contributed by atoms with E-state index in [4.69, 9.17) is 6.42 Å². The molecule has 25 heavy (non-hydrogen) atoms. The van der Waals surface area contributed by atoms with Crippen molar-refractivity contribution in [2.75, 3.05) is 0 Å². The Labute approximate surface area is 148 Å². The summed E-state index contributed by atoms with van der Waals surface area (Å²) in [6, 6.07) is 6.98. The normalized spacial score (nSPS) is 12.0. The van der Waals surface area contributed by atoms with Gasteiger partial charge in [-0.2, -0.15) is 0 Å². The summed E-state index contributed by atoms with van der Waals surface area (Å²) in [5.74, 6) is 0.447. The van der Waals surface area contributed by atoms with Crippen LogP contribution >= 0.6 is 0 Å². The van der Waals surface area contributed by atoms with E-state index in [1.807, 2.05) is 12.0 Å². The van der Waals surface area contributed by atoms with Crippen LogP contribution in [0.15, 0.2) is 30.3 Å². The molecule has 2 aromatic carbocycles. The highest BCUT2D eigenvalue weighted by molar-refractivity contribution is 5.66. The zero-order valence-electron chi connectivity index (χ0n) is 14.7. The van der Waals surface area contributed by atoms with E-state index in [2.05, 4.69) is 13.8 Å². The topological polar surface area (TPSA) is 0 Å². The van der Waals surface area contributed by atoms with Crippen molar-refractivity contribution in [2.45, 2.75) is 46.0 Å². The van der Waals surface area contributed by atoms with Crippen molar-refractivity contribution in [3.05, 3.63) is 58.9 Å². The molecular formula is C22H23F3. The number of rotatable bonds is 7. The molecule has 0 spiro atoms. The molecule has 2 rings (SSSR count). The number of hydrogen-bond donors (Lipinski definition) is 0. The third-order valence-electron chi connectivity index (χ3n) is 4.47. The van der Waals surface area contributed by atoms with Crippen molar-refractivity contribution in [3.63, 3.8) is 0 Å². The van der Waals surface area contributed by atoms with Gasteiger partial charge in [0.1, 0.15) is 17.5 Å². The molecule has 0 saturated heterocycles. The molecule has 0 radical (unpaired) electrons. The SMILES string of the molecule is C#Cc1c(F)cc(-c2ccc(CCCC(C)CCC)cc2F)cc1F. The van der Waals surface area contributed by atoms with Gasteiger partial charge in [-0.15, -0.1) is 6.42 Å². The average molecular weight is 344 g/mol. The van der Waals surface area contributed by atoms with Crippen LogP contribution in [0.2, 0.25) is 0 Å². The second kappa shape index (κ2) is 8.76. The monoisotopic (exact) mass is 344 g/mol. The highest BCUT2D eigenvalue weighted by atomic mass is 19.1. The zero-order valence-corrected chi connectivity index (χ0v) is 14.7. The maximum absolute atomic E-state index is 14.4. The maximum atomic E-state index is 14.4. The Hall–Kier alpha value is -2.21. The Morgan fingerprint density at radius 1 is 1.00 bits per heavy atom. The van der Waals surface area contributed by atoms with Crippen molar-refractivity contribution >= 4 is 0 Å². The lowest BCUT2D eigenvalue weighted by Crippen LogP contribution is -1.97. The molecule has 2 aromatic rings. The number of aryl methyl sites for hydroxylation is 1. The third kappa shape index (κ3) is 4.89. The van der Waals surface area contributed by atoms with Crippen LogP contribution in [-0.4, -0.2) is 0 Å². The van der Waals surface area contributed by atoms with E-state index >= 15 is 0 Å². The van der Waals surface area contributed by atoms with Crippen molar-refractivity contribution in [3.8, 4) is 23.5 Å². The summed E-state index contributed by atoms with van der Waals surface area (Å²) in [5.41, 5.74) is 0.784. The van der Waals surface area contributed by atoms with Gasteiger partial charge in [-0.1, -0.05) is 51.2 Å². The van der Waals surface area contributed by atoms with Gasteiger partial charge in [0.05, 0.1) is 5.56 Å². The maximum Gasteiger partial charge on any atom is 0.142 e. The summed E-state index contributed by atoms with van der Waals surface area (Å²) in [5, 5.41) is 0. The first-order valence-electron chi connectivity index (χ1n) is 8.70. The molecule has 0 nitrogen and oxygen atoms in total. The minimum absolute atomic E-state index is 0.148. The Morgan fingerprint density at radius 2 is 1.68 bits per heavy atom. The summed E-state index contributed by atoms with van der Waals surface area (Å²) in [6.45, 7) is 4.41. The fourth-order valence-corrected chi connectivity index (χ4v) is 3.11. The van der Waals surface area contributed by atoms with Gasteiger partial charge >= 0.3 is 0 Å². The molecule has 0 N–H and O–H groups in total. The standard InChI is InChI=1S/C22H23F3/c1-4-7-15(3)8-6-9-16-10-11-19(20(23)12-16)17-13-21(24)18(5-2)22(25)14-17/h2,10-15H,4,6-9H2,1,3H3. The minimum Gasteiger partial charge on any atom is -0.206 e. The zero-order chi connectivity index (χ0) is 18.4. The summed E-state index contributed by atoms with van der Waals surface area (Å²) < 4.78 is 42.0. The predicted octanol–water partition coefficient (Wildman–Crippen LogP) is 6.51. The number of halogens is 3. The first kappa shape index (κ1) is 19.1. The molecule has 0 fully saturated rings. The van der Waals surface area contributed by atoms with Gasteiger partial charge < -0.3 is 0 Å². The molecular weight excluding hydrogens is 321 g/mol. The van der Waals surface area contributed by atoms with Crippen molar-refractivity contribution < 1.29 is 13.2 Å². The van der Waals surface area contributed by atoms with Crippen molar-refractivity contribution in [1.82, 2.24) is 0 Å². The summed E-state index contributed by atoms with van der Waals surface area (Å²) >= 11 is 0. The van der Waals surface area contributed by atoms with Crippen LogP contribution in [0.3, 0.4) is 0 Å². The third-order valence-corrected chi connectivity index (χ3v) is 4.47. The lowest BCUT2D eigenvalue weighted by molar-refractivity contribution is 0.469. The molecule has 3 heteroatoms. The molecule has 0 bridgehead atoms. The second-order valence-corrected chi connectivity index (χ2v) is 6.56. The fraction of sp³-hybridized carbons (Fsp3) is 0.364. The van der Waals surface area contributed by atoms with Crippen LogP contribution in [0.4, 0.5) is 13.2 Å². The first-order valence-corrected chi connectivity index (χ1v) is 8.70. The first-order chi connectivity index (χ1) is 12.0. The van der Waals surface area contributed by atoms with Crippen LogP contribution in [0.25, 0.3) is 11.1 Å². The Bertz CT molecular complexity index is 748.